The maximum atomic E-state index is 10.7. The third-order valence-electron chi connectivity index (χ3n) is 4.44. The number of non-ortho nitro benzene ring substituents is 1. The van der Waals surface area contributed by atoms with Gasteiger partial charge in [-0.25, -0.2) is 4.71 Å². The van der Waals surface area contributed by atoms with Crippen LogP contribution in [0.2, 0.25) is 0 Å². The molecule has 1 aliphatic heterocycles. The Morgan fingerprint density at radius 2 is 1.37 bits per heavy atom. The molecule has 2 aromatic carbocycles. The second kappa shape index (κ2) is 10.4. The molecule has 3 rings (SSSR count). The first-order chi connectivity index (χ1) is 12.5. The van der Waals surface area contributed by atoms with Crippen molar-refractivity contribution >= 4 is 48.8 Å². The van der Waals surface area contributed by atoms with Gasteiger partial charge in [-0.05, 0) is 35.4 Å². The van der Waals surface area contributed by atoms with Crippen LogP contribution in [0.5, 0.6) is 0 Å². The Morgan fingerprint density at radius 1 is 0.889 bits per heavy atom. The molecule has 27 heavy (non-hydrogen) atoms. The van der Waals surface area contributed by atoms with Crippen molar-refractivity contribution in [1.82, 2.24) is 4.90 Å². The molecule has 2 aromatic rings. The zero-order valence-electron chi connectivity index (χ0n) is 14.5. The molecule has 0 aliphatic carbocycles. The summed E-state index contributed by atoms with van der Waals surface area (Å²) in [6.07, 6.45) is 3.95. The van der Waals surface area contributed by atoms with Crippen molar-refractivity contribution in [3.8, 4) is 0 Å². The second-order valence-corrected chi connectivity index (χ2v) is 7.30. The molecule has 1 aliphatic rings. The number of benzene rings is 2. The predicted octanol–water partition coefficient (Wildman–Crippen LogP) is 3.26. The molecule has 0 spiro atoms. The van der Waals surface area contributed by atoms with Crippen LogP contribution in [0.3, 0.4) is 0 Å². The van der Waals surface area contributed by atoms with Crippen LogP contribution in [0.4, 0.5) is 11.4 Å². The van der Waals surface area contributed by atoms with Crippen LogP contribution in [0.15, 0.2) is 48.5 Å². The smallest absolute Gasteiger partial charge is 0.269 e. The van der Waals surface area contributed by atoms with Gasteiger partial charge in [-0.1, -0.05) is 24.3 Å². The van der Waals surface area contributed by atoms with E-state index in [2.05, 4.69) is 34.1 Å². The Labute approximate surface area is 185 Å². The number of rotatable bonds is 5. The standard InChI is InChI=1S/C19H21N3O2S2.Au/c23-22(24)18-9-5-16(6-10-18)2-1-15-3-7-17(8-4-15)20-11-13-21(14-12-20)19(25)26;/h1-10,19,25-26H,11-14H2;/p-2/b2-1+;. The van der Waals surface area contributed by atoms with E-state index in [0.717, 1.165) is 37.3 Å². The minimum absolute atomic E-state index is 0. The molecule has 0 aromatic heterocycles. The van der Waals surface area contributed by atoms with E-state index in [9.17, 15) is 10.1 Å². The van der Waals surface area contributed by atoms with E-state index in [0.29, 0.717) is 0 Å². The molecule has 147 valence electrons. The Morgan fingerprint density at radius 3 is 1.81 bits per heavy atom. The summed E-state index contributed by atoms with van der Waals surface area (Å²) in [6, 6.07) is 14.9. The van der Waals surface area contributed by atoms with Crippen LogP contribution < -0.4 is 4.90 Å². The fourth-order valence-corrected chi connectivity index (χ4v) is 3.31. The Hall–Kier alpha value is -1.22. The van der Waals surface area contributed by atoms with Gasteiger partial charge in [0.25, 0.3) is 5.69 Å². The molecule has 5 nitrogen and oxygen atoms in total. The first-order valence-electron chi connectivity index (χ1n) is 8.36. The fraction of sp³-hybridized carbons (Fsp3) is 0.263. The second-order valence-electron chi connectivity index (χ2n) is 6.10. The molecular weight excluding hydrogens is 563 g/mol. The minimum Gasteiger partial charge on any atom is -0.800 e. The van der Waals surface area contributed by atoms with Crippen LogP contribution in [-0.4, -0.2) is 40.7 Å². The number of piperazine rings is 1. The molecule has 1 heterocycles. The molecule has 0 atom stereocenters. The summed E-state index contributed by atoms with van der Waals surface area (Å²) in [4.78, 5) is 14.8. The maximum Gasteiger partial charge on any atom is 0.269 e. The summed E-state index contributed by atoms with van der Waals surface area (Å²) in [5.74, 6) is 0. The molecule has 0 amide bonds. The van der Waals surface area contributed by atoms with Crippen LogP contribution in [0.25, 0.3) is 12.2 Å². The van der Waals surface area contributed by atoms with Crippen molar-refractivity contribution in [3.63, 3.8) is 0 Å². The molecule has 8 heteroatoms. The Kier molecular flexibility index (Phi) is 8.47. The summed E-state index contributed by atoms with van der Waals surface area (Å²) in [5.41, 5.74) is 3.31. The molecule has 0 bridgehead atoms. The number of nitro groups is 1. The van der Waals surface area contributed by atoms with Crippen molar-refractivity contribution in [2.75, 3.05) is 31.1 Å². The summed E-state index contributed by atoms with van der Waals surface area (Å²) >= 11 is 10.3. The average molecular weight is 582 g/mol. The van der Waals surface area contributed by atoms with Crippen LogP contribution in [0.1, 0.15) is 11.1 Å². The third-order valence-corrected chi connectivity index (χ3v) is 5.04. The van der Waals surface area contributed by atoms with Gasteiger partial charge in [0.2, 0.25) is 0 Å². The van der Waals surface area contributed by atoms with Crippen LogP contribution >= 0.6 is 0 Å². The minimum atomic E-state index is -0.393. The van der Waals surface area contributed by atoms with Crippen LogP contribution in [-0.2, 0) is 47.6 Å². The Balaban J connectivity index is 0.00000261. The van der Waals surface area contributed by atoms with Gasteiger partial charge in [-0.3, -0.25) is 10.1 Å². The zero-order chi connectivity index (χ0) is 18.5. The van der Waals surface area contributed by atoms with Gasteiger partial charge in [-0.15, -0.1) is 0 Å². The normalized spacial score (nSPS) is 15.1. The van der Waals surface area contributed by atoms with E-state index >= 15 is 0 Å². The van der Waals surface area contributed by atoms with E-state index < -0.39 is 4.92 Å². The quantitative estimate of drug-likeness (QED) is 0.178. The van der Waals surface area contributed by atoms with Gasteiger partial charge < -0.3 is 35.1 Å². The monoisotopic (exact) mass is 582 g/mol. The largest absolute Gasteiger partial charge is 0.800 e. The summed E-state index contributed by atoms with van der Waals surface area (Å²) < 4.78 is -0.218. The summed E-state index contributed by atoms with van der Waals surface area (Å²) in [6.45, 7) is 3.67. The average Bonchev–Trinajstić information content (AvgIpc) is 2.67. The number of hydrogen-bond donors (Lipinski definition) is 0. The molecule has 0 unspecified atom stereocenters. The van der Waals surface area contributed by atoms with E-state index in [1.807, 2.05) is 12.2 Å². The van der Waals surface area contributed by atoms with Gasteiger partial charge in [0.15, 0.2) is 0 Å². The maximum absolute atomic E-state index is 10.7. The van der Waals surface area contributed by atoms with E-state index in [4.69, 9.17) is 25.3 Å². The molecule has 0 saturated carbocycles. The van der Waals surface area contributed by atoms with E-state index in [1.165, 1.54) is 17.8 Å². The molecule has 0 N–H and O–H groups in total. The molecule has 1 saturated heterocycles. The van der Waals surface area contributed by atoms with Crippen LogP contribution in [0, 0.1) is 10.1 Å². The van der Waals surface area contributed by atoms with Gasteiger partial charge in [0, 0.05) is 66.4 Å². The first kappa shape index (κ1) is 22.1. The van der Waals surface area contributed by atoms with Gasteiger partial charge in [0.05, 0.1) is 4.92 Å². The SMILES string of the molecule is O=[N+]([O-])c1ccc(/C=C/c2ccc(N3CCN(C([S-])[S-])CC3)cc2)cc1.[Au]. The Bertz CT molecular complexity index is 775. The fourth-order valence-electron chi connectivity index (χ4n) is 2.89. The number of nitro benzene ring substituents is 1. The van der Waals surface area contributed by atoms with Gasteiger partial charge >= 0.3 is 0 Å². The number of nitrogens with zero attached hydrogens (tertiary/aromatic N) is 3. The molecule has 1 fully saturated rings. The van der Waals surface area contributed by atoms with E-state index in [-0.39, 0.29) is 32.8 Å². The number of hydrogen-bond acceptors (Lipinski definition) is 6. The van der Waals surface area contributed by atoms with Crippen molar-refractivity contribution in [2.45, 2.75) is 4.71 Å². The van der Waals surface area contributed by atoms with E-state index in [1.54, 1.807) is 12.1 Å². The van der Waals surface area contributed by atoms with Crippen molar-refractivity contribution in [1.29, 1.82) is 0 Å². The van der Waals surface area contributed by atoms with Gasteiger partial charge in [-0.2, -0.15) is 0 Å². The zero-order valence-corrected chi connectivity index (χ0v) is 18.3. The molecular formula is C19H19AuN3O2S2-2. The summed E-state index contributed by atoms with van der Waals surface area (Å²) in [5, 5.41) is 10.7. The first-order valence-corrected chi connectivity index (χ1v) is 9.30. The van der Waals surface area contributed by atoms with Crippen molar-refractivity contribution in [3.05, 3.63) is 69.8 Å². The molecule has 1 radical (unpaired) electrons. The van der Waals surface area contributed by atoms with Crippen molar-refractivity contribution < 1.29 is 27.3 Å². The van der Waals surface area contributed by atoms with Crippen molar-refractivity contribution in [2.24, 2.45) is 0 Å². The number of anilines is 1. The van der Waals surface area contributed by atoms with Gasteiger partial charge in [0.1, 0.15) is 0 Å². The predicted molar refractivity (Wildman–Crippen MR) is 111 cm³/mol. The third kappa shape index (κ3) is 6.14. The summed E-state index contributed by atoms with van der Waals surface area (Å²) in [7, 11) is 0. The topological polar surface area (TPSA) is 49.6 Å².